The van der Waals surface area contributed by atoms with Crippen LogP contribution in [0.1, 0.15) is 25.3 Å². The van der Waals surface area contributed by atoms with Gasteiger partial charge in [0.15, 0.2) is 0 Å². The first-order valence-corrected chi connectivity index (χ1v) is 6.25. The molecule has 2 N–H and O–H groups in total. The van der Waals surface area contributed by atoms with Crippen LogP contribution in [0, 0.1) is 5.92 Å². The third-order valence-electron chi connectivity index (χ3n) is 3.63. The second-order valence-corrected chi connectivity index (χ2v) is 5.16. The molecule has 0 aromatic heterocycles. The number of rotatable bonds is 3. The van der Waals surface area contributed by atoms with E-state index in [2.05, 4.69) is 5.32 Å². The van der Waals surface area contributed by atoms with Gasteiger partial charge >= 0.3 is 0 Å². The highest BCUT2D eigenvalue weighted by Gasteiger charge is 2.34. The molecular weight excluding hydrogens is 217 g/mol. The van der Waals surface area contributed by atoms with Crippen LogP contribution in [0.3, 0.4) is 0 Å². The highest BCUT2D eigenvalue weighted by Crippen LogP contribution is 2.31. The Balaban J connectivity index is 2.02. The van der Waals surface area contributed by atoms with Gasteiger partial charge in [-0.05, 0) is 44.0 Å². The van der Waals surface area contributed by atoms with Gasteiger partial charge in [-0.3, -0.25) is 0 Å². The molecule has 0 amide bonds. The lowest BCUT2D eigenvalue weighted by molar-refractivity contribution is 0.0833. The molecule has 17 heavy (non-hydrogen) atoms. The number of piperidine rings is 1. The monoisotopic (exact) mass is 237 g/mol. The number of halogens is 1. The van der Waals surface area contributed by atoms with E-state index in [1.165, 1.54) is 0 Å². The van der Waals surface area contributed by atoms with E-state index in [4.69, 9.17) is 0 Å². The molecule has 1 aromatic rings. The zero-order valence-corrected chi connectivity index (χ0v) is 10.2. The van der Waals surface area contributed by atoms with Gasteiger partial charge in [0.25, 0.3) is 0 Å². The lowest BCUT2D eigenvalue weighted by atomic mass is 9.81. The van der Waals surface area contributed by atoms with Gasteiger partial charge in [-0.1, -0.05) is 12.1 Å². The van der Waals surface area contributed by atoms with Gasteiger partial charge in [-0.15, -0.1) is 0 Å². The number of phenols is 1. The van der Waals surface area contributed by atoms with Crippen LogP contribution in [0.25, 0.3) is 0 Å². The molecule has 0 saturated carbocycles. The van der Waals surface area contributed by atoms with Crippen LogP contribution >= 0.6 is 0 Å². The Labute approximate surface area is 102 Å². The van der Waals surface area contributed by atoms with E-state index < -0.39 is 5.67 Å². The molecule has 1 aliphatic rings. The van der Waals surface area contributed by atoms with Crippen LogP contribution in [0.2, 0.25) is 0 Å². The first-order chi connectivity index (χ1) is 8.08. The molecule has 0 radical (unpaired) electrons. The van der Waals surface area contributed by atoms with Crippen molar-refractivity contribution >= 4 is 0 Å². The predicted molar refractivity (Wildman–Crippen MR) is 66.9 cm³/mol. The van der Waals surface area contributed by atoms with Crippen molar-refractivity contribution in [1.82, 2.24) is 5.32 Å². The summed E-state index contributed by atoms with van der Waals surface area (Å²) in [6.45, 7) is 3.47. The summed E-state index contributed by atoms with van der Waals surface area (Å²) in [6.07, 6.45) is 2.43. The van der Waals surface area contributed by atoms with E-state index in [-0.39, 0.29) is 11.7 Å². The Morgan fingerprint density at radius 1 is 1.41 bits per heavy atom. The fourth-order valence-electron chi connectivity index (χ4n) is 2.52. The number of alkyl halides is 1. The number of hydrogen-bond acceptors (Lipinski definition) is 2. The molecule has 2 unspecified atom stereocenters. The maximum Gasteiger partial charge on any atom is 0.116 e. The van der Waals surface area contributed by atoms with Gasteiger partial charge < -0.3 is 10.4 Å². The van der Waals surface area contributed by atoms with Gasteiger partial charge in [0.2, 0.25) is 0 Å². The summed E-state index contributed by atoms with van der Waals surface area (Å²) in [5, 5.41) is 12.5. The minimum atomic E-state index is -1.18. The third-order valence-corrected chi connectivity index (χ3v) is 3.63. The van der Waals surface area contributed by atoms with Crippen molar-refractivity contribution in [1.29, 1.82) is 0 Å². The predicted octanol–water partition coefficient (Wildman–Crippen LogP) is 2.66. The average molecular weight is 237 g/mol. The minimum absolute atomic E-state index is 0.0880. The van der Waals surface area contributed by atoms with Gasteiger partial charge in [0.1, 0.15) is 11.4 Å². The second kappa shape index (κ2) is 5.05. The number of hydrogen-bond donors (Lipinski definition) is 2. The van der Waals surface area contributed by atoms with Gasteiger partial charge in [0.05, 0.1) is 0 Å². The molecule has 0 bridgehead atoms. The van der Waals surface area contributed by atoms with Gasteiger partial charge in [0, 0.05) is 18.9 Å². The molecule has 1 fully saturated rings. The molecule has 2 nitrogen and oxygen atoms in total. The molecular formula is C14H20FNO. The largest absolute Gasteiger partial charge is 0.508 e. The van der Waals surface area contributed by atoms with E-state index in [1.807, 2.05) is 0 Å². The normalized spacial score (nSPS) is 24.2. The van der Waals surface area contributed by atoms with Crippen LogP contribution in [-0.4, -0.2) is 23.9 Å². The molecule has 2 rings (SSSR count). The van der Waals surface area contributed by atoms with Gasteiger partial charge in [-0.25, -0.2) is 4.39 Å². The smallest absolute Gasteiger partial charge is 0.116 e. The van der Waals surface area contributed by atoms with Crippen molar-refractivity contribution in [3.05, 3.63) is 29.8 Å². The zero-order valence-electron chi connectivity index (χ0n) is 10.2. The van der Waals surface area contributed by atoms with Crippen molar-refractivity contribution in [3.63, 3.8) is 0 Å². The summed E-state index contributed by atoms with van der Waals surface area (Å²) < 4.78 is 14.7. The molecule has 0 spiro atoms. The quantitative estimate of drug-likeness (QED) is 0.847. The Hall–Kier alpha value is -1.09. The van der Waals surface area contributed by atoms with Crippen molar-refractivity contribution in [3.8, 4) is 5.75 Å². The molecule has 1 aromatic carbocycles. The number of nitrogens with one attached hydrogen (secondary N) is 1. The van der Waals surface area contributed by atoms with E-state index in [0.29, 0.717) is 6.42 Å². The van der Waals surface area contributed by atoms with Crippen LogP contribution in [0.4, 0.5) is 4.39 Å². The first kappa shape index (κ1) is 12.4. The topological polar surface area (TPSA) is 32.3 Å². The third kappa shape index (κ3) is 3.19. The molecule has 0 aliphatic carbocycles. The summed E-state index contributed by atoms with van der Waals surface area (Å²) in [5.41, 5.74) is -0.233. The van der Waals surface area contributed by atoms with E-state index in [0.717, 1.165) is 31.5 Å². The van der Waals surface area contributed by atoms with E-state index in [9.17, 15) is 9.50 Å². The van der Waals surface area contributed by atoms with E-state index in [1.54, 1.807) is 31.2 Å². The maximum absolute atomic E-state index is 14.7. The lowest BCUT2D eigenvalue weighted by Gasteiger charge is -2.34. The molecule has 1 aliphatic heterocycles. The average Bonchev–Trinajstić information content (AvgIpc) is 2.33. The molecule has 94 valence electrons. The van der Waals surface area contributed by atoms with Crippen LogP contribution in [-0.2, 0) is 6.42 Å². The summed E-state index contributed by atoms with van der Waals surface area (Å²) >= 11 is 0. The maximum atomic E-state index is 14.7. The molecule has 2 atom stereocenters. The van der Waals surface area contributed by atoms with Crippen molar-refractivity contribution in [2.45, 2.75) is 31.9 Å². The Morgan fingerprint density at radius 2 is 2.12 bits per heavy atom. The van der Waals surface area contributed by atoms with Crippen molar-refractivity contribution < 1.29 is 9.50 Å². The van der Waals surface area contributed by atoms with Crippen LogP contribution in [0.15, 0.2) is 24.3 Å². The summed E-state index contributed by atoms with van der Waals surface area (Å²) in [5.74, 6) is 0.318. The number of aromatic hydroxyl groups is 1. The Kier molecular flexibility index (Phi) is 3.67. The SMILES string of the molecule is CC(F)(Cc1ccc(O)cc1)C1CCCNC1. The zero-order chi connectivity index (χ0) is 12.3. The summed E-state index contributed by atoms with van der Waals surface area (Å²) in [4.78, 5) is 0. The summed E-state index contributed by atoms with van der Waals surface area (Å²) in [7, 11) is 0. The van der Waals surface area contributed by atoms with Crippen LogP contribution in [0.5, 0.6) is 5.75 Å². The lowest BCUT2D eigenvalue weighted by Crippen LogP contribution is -2.42. The fourth-order valence-corrected chi connectivity index (χ4v) is 2.52. The van der Waals surface area contributed by atoms with Crippen molar-refractivity contribution in [2.24, 2.45) is 5.92 Å². The fraction of sp³-hybridized carbons (Fsp3) is 0.571. The van der Waals surface area contributed by atoms with Gasteiger partial charge in [-0.2, -0.15) is 0 Å². The molecule has 3 heteroatoms. The Morgan fingerprint density at radius 3 is 2.71 bits per heavy atom. The standard InChI is InChI=1S/C14H20FNO/c1-14(15,12-3-2-8-16-10-12)9-11-4-6-13(17)7-5-11/h4-7,12,16-17H,2-3,8-10H2,1H3. The first-order valence-electron chi connectivity index (χ1n) is 6.25. The van der Waals surface area contributed by atoms with E-state index >= 15 is 0 Å². The minimum Gasteiger partial charge on any atom is -0.508 e. The number of phenolic OH excluding ortho intramolecular Hbond substituents is 1. The number of benzene rings is 1. The highest BCUT2D eigenvalue weighted by molar-refractivity contribution is 5.27. The second-order valence-electron chi connectivity index (χ2n) is 5.16. The molecule has 1 heterocycles. The molecule has 1 saturated heterocycles. The van der Waals surface area contributed by atoms with Crippen molar-refractivity contribution in [2.75, 3.05) is 13.1 Å². The van der Waals surface area contributed by atoms with Crippen LogP contribution < -0.4 is 5.32 Å². The highest BCUT2D eigenvalue weighted by atomic mass is 19.1. The summed E-state index contributed by atoms with van der Waals surface area (Å²) in [6, 6.07) is 6.82. The Bertz CT molecular complexity index is 355.